The highest BCUT2D eigenvalue weighted by Gasteiger charge is 2.21. The number of nitrogens with zero attached hydrogens (tertiary/aromatic N) is 1. The molecule has 0 saturated heterocycles. The van der Waals surface area contributed by atoms with Crippen LogP contribution in [0.15, 0.2) is 47.6 Å². The van der Waals surface area contributed by atoms with E-state index >= 15 is 0 Å². The molecular formula is C20H24N2O4S. The predicted octanol–water partition coefficient (Wildman–Crippen LogP) is 3.09. The minimum absolute atomic E-state index is 0.116. The molecule has 1 N–H and O–H groups in total. The van der Waals surface area contributed by atoms with Crippen LogP contribution in [0, 0.1) is 11.1 Å². The number of amides is 1. The van der Waals surface area contributed by atoms with Gasteiger partial charge in [0.15, 0.2) is 17.7 Å². The summed E-state index contributed by atoms with van der Waals surface area (Å²) in [6.45, 7) is 5.39. The Hall–Kier alpha value is -2.41. The quantitative estimate of drug-likeness (QED) is 0.468. The van der Waals surface area contributed by atoms with Crippen molar-refractivity contribution in [2.45, 2.75) is 31.3 Å². The van der Waals surface area contributed by atoms with Gasteiger partial charge in [0.25, 0.3) is 5.03 Å². The molecule has 0 spiro atoms. The molecule has 3 rings (SSSR count). The minimum Gasteiger partial charge on any atom is -0.618 e. The van der Waals surface area contributed by atoms with Gasteiger partial charge in [0.05, 0.1) is 25.0 Å². The molecule has 6 nitrogen and oxygen atoms in total. The van der Waals surface area contributed by atoms with Crippen molar-refractivity contribution in [3.63, 3.8) is 0 Å². The van der Waals surface area contributed by atoms with Gasteiger partial charge in [-0.15, -0.1) is 0 Å². The Bertz CT molecular complexity index is 797. The Labute approximate surface area is 163 Å². The first-order valence-corrected chi connectivity index (χ1v) is 10.0. The van der Waals surface area contributed by atoms with Crippen LogP contribution >= 0.6 is 11.8 Å². The standard InChI is InChI=1S/C20H24N2O4S/c1-14(2)20(15-7-8-16-17(12-15)26-11-5-10-25-16)21-18(23)13-27-19-6-3-4-9-22(19)24/h3-4,6-9,12,14,20H,5,10-11,13H2,1-2H3,(H,21,23)/t20-/m0/s1. The molecule has 0 radical (unpaired) electrons. The zero-order chi connectivity index (χ0) is 19.2. The number of carbonyl (C=O) groups excluding carboxylic acids is 1. The van der Waals surface area contributed by atoms with E-state index < -0.39 is 0 Å². The SMILES string of the molecule is CC(C)[C@H](NC(=O)CSc1cccc[n+]1[O-])c1ccc2c(c1)OCCCO2. The number of pyridine rings is 1. The zero-order valence-electron chi connectivity index (χ0n) is 15.5. The average molecular weight is 388 g/mol. The van der Waals surface area contributed by atoms with Crippen molar-refractivity contribution in [2.24, 2.45) is 5.92 Å². The van der Waals surface area contributed by atoms with Gasteiger partial charge in [-0.2, -0.15) is 4.73 Å². The number of benzene rings is 1. The predicted molar refractivity (Wildman–Crippen MR) is 104 cm³/mol. The Morgan fingerprint density at radius 2 is 2.00 bits per heavy atom. The van der Waals surface area contributed by atoms with Crippen LogP contribution in [0.1, 0.15) is 31.9 Å². The van der Waals surface area contributed by atoms with Crippen molar-refractivity contribution >= 4 is 17.7 Å². The summed E-state index contributed by atoms with van der Waals surface area (Å²) in [6.07, 6.45) is 2.28. The van der Waals surface area contributed by atoms with Gasteiger partial charge in [-0.3, -0.25) is 4.79 Å². The van der Waals surface area contributed by atoms with Crippen molar-refractivity contribution in [1.29, 1.82) is 0 Å². The van der Waals surface area contributed by atoms with Crippen LogP contribution in [0.25, 0.3) is 0 Å². The van der Waals surface area contributed by atoms with Crippen LogP contribution in [-0.4, -0.2) is 24.9 Å². The van der Waals surface area contributed by atoms with Gasteiger partial charge in [0, 0.05) is 18.6 Å². The third kappa shape index (κ3) is 5.07. The summed E-state index contributed by atoms with van der Waals surface area (Å²) >= 11 is 1.22. The van der Waals surface area contributed by atoms with Crippen LogP contribution in [0.4, 0.5) is 0 Å². The summed E-state index contributed by atoms with van der Waals surface area (Å²) in [6, 6.07) is 10.8. The van der Waals surface area contributed by atoms with Gasteiger partial charge in [-0.25, -0.2) is 0 Å². The number of ether oxygens (including phenoxy) is 2. The van der Waals surface area contributed by atoms with E-state index in [2.05, 4.69) is 19.2 Å². The summed E-state index contributed by atoms with van der Waals surface area (Å²) in [7, 11) is 0. The van der Waals surface area contributed by atoms with Gasteiger partial charge < -0.3 is 20.0 Å². The Morgan fingerprint density at radius 1 is 1.22 bits per heavy atom. The van der Waals surface area contributed by atoms with Crippen molar-refractivity contribution in [3.05, 3.63) is 53.4 Å². The second-order valence-electron chi connectivity index (χ2n) is 6.70. The third-order valence-electron chi connectivity index (χ3n) is 4.25. The molecule has 1 aliphatic heterocycles. The van der Waals surface area contributed by atoms with Gasteiger partial charge in [0.1, 0.15) is 0 Å². The largest absolute Gasteiger partial charge is 0.618 e. The maximum Gasteiger partial charge on any atom is 0.251 e. The summed E-state index contributed by atoms with van der Waals surface area (Å²) in [5.41, 5.74) is 0.978. The number of fused-ring (bicyclic) bond motifs is 1. The molecular weight excluding hydrogens is 364 g/mol. The molecule has 0 bridgehead atoms. The molecule has 1 aliphatic rings. The highest BCUT2D eigenvalue weighted by molar-refractivity contribution is 7.99. The Morgan fingerprint density at radius 3 is 2.74 bits per heavy atom. The number of hydrogen-bond acceptors (Lipinski definition) is 5. The molecule has 2 aromatic rings. The molecule has 27 heavy (non-hydrogen) atoms. The molecule has 144 valence electrons. The van der Waals surface area contributed by atoms with Crippen LogP contribution in [-0.2, 0) is 4.79 Å². The van der Waals surface area contributed by atoms with E-state index in [1.54, 1.807) is 18.2 Å². The van der Waals surface area contributed by atoms with E-state index in [9.17, 15) is 10.0 Å². The molecule has 1 amide bonds. The van der Waals surface area contributed by atoms with E-state index in [1.807, 2.05) is 18.2 Å². The van der Waals surface area contributed by atoms with Gasteiger partial charge in [-0.1, -0.05) is 19.9 Å². The van der Waals surface area contributed by atoms with Gasteiger partial charge in [0.2, 0.25) is 5.91 Å². The average Bonchev–Trinajstić information content (AvgIpc) is 2.90. The van der Waals surface area contributed by atoms with Crippen LogP contribution in [0.5, 0.6) is 11.5 Å². The van der Waals surface area contributed by atoms with Gasteiger partial charge in [-0.05, 0) is 41.4 Å². The Balaban J connectivity index is 1.68. The number of carbonyl (C=O) groups is 1. The summed E-state index contributed by atoms with van der Waals surface area (Å²) < 4.78 is 12.2. The van der Waals surface area contributed by atoms with Crippen molar-refractivity contribution in [3.8, 4) is 11.5 Å². The fourth-order valence-corrected chi connectivity index (χ4v) is 3.61. The van der Waals surface area contributed by atoms with E-state index in [4.69, 9.17) is 9.47 Å². The van der Waals surface area contributed by atoms with E-state index in [0.717, 1.165) is 28.2 Å². The normalized spacial score (nSPS) is 14.5. The molecule has 0 fully saturated rings. The molecule has 1 aromatic heterocycles. The molecule has 0 unspecified atom stereocenters. The molecule has 1 atom stereocenters. The number of nitrogens with one attached hydrogen (secondary N) is 1. The summed E-state index contributed by atoms with van der Waals surface area (Å²) in [5.74, 6) is 1.72. The van der Waals surface area contributed by atoms with Crippen molar-refractivity contribution in [1.82, 2.24) is 5.32 Å². The van der Waals surface area contributed by atoms with E-state index in [-0.39, 0.29) is 23.6 Å². The van der Waals surface area contributed by atoms with Gasteiger partial charge >= 0.3 is 0 Å². The number of hydrogen-bond donors (Lipinski definition) is 1. The van der Waals surface area contributed by atoms with Crippen LogP contribution in [0.2, 0.25) is 0 Å². The first-order chi connectivity index (χ1) is 13.0. The van der Waals surface area contributed by atoms with Crippen molar-refractivity contribution < 1.29 is 19.0 Å². The lowest BCUT2D eigenvalue weighted by atomic mass is 9.95. The topological polar surface area (TPSA) is 74.5 Å². The second kappa shape index (κ2) is 8.99. The number of thioether (sulfide) groups is 1. The fourth-order valence-electron chi connectivity index (χ4n) is 2.89. The first-order valence-electron chi connectivity index (χ1n) is 9.04. The van der Waals surface area contributed by atoms with E-state index in [1.165, 1.54) is 18.0 Å². The van der Waals surface area contributed by atoms with Crippen LogP contribution in [0.3, 0.4) is 0 Å². The number of aromatic nitrogens is 1. The summed E-state index contributed by atoms with van der Waals surface area (Å²) in [5, 5.41) is 15.3. The minimum atomic E-state index is -0.148. The maximum absolute atomic E-state index is 12.5. The van der Waals surface area contributed by atoms with Crippen LogP contribution < -0.4 is 19.5 Å². The zero-order valence-corrected chi connectivity index (χ0v) is 16.3. The highest BCUT2D eigenvalue weighted by Crippen LogP contribution is 2.34. The summed E-state index contributed by atoms with van der Waals surface area (Å²) in [4.78, 5) is 12.5. The molecule has 0 aliphatic carbocycles. The third-order valence-corrected chi connectivity index (χ3v) is 5.27. The number of rotatable bonds is 6. The molecule has 0 saturated carbocycles. The fraction of sp³-hybridized carbons (Fsp3) is 0.400. The highest BCUT2D eigenvalue weighted by atomic mass is 32.2. The lowest BCUT2D eigenvalue weighted by Crippen LogP contribution is -2.34. The Kier molecular flexibility index (Phi) is 6.45. The van der Waals surface area contributed by atoms with Crippen molar-refractivity contribution in [2.75, 3.05) is 19.0 Å². The molecule has 7 heteroatoms. The lowest BCUT2D eigenvalue weighted by Gasteiger charge is -2.23. The smallest absolute Gasteiger partial charge is 0.251 e. The molecule has 1 aromatic carbocycles. The van der Waals surface area contributed by atoms with E-state index in [0.29, 0.717) is 18.2 Å². The lowest BCUT2D eigenvalue weighted by molar-refractivity contribution is -0.645. The first kappa shape index (κ1) is 19.4. The second-order valence-corrected chi connectivity index (χ2v) is 7.69. The molecule has 2 heterocycles. The monoisotopic (exact) mass is 388 g/mol. The maximum atomic E-state index is 12.5.